The Bertz CT molecular complexity index is 1220. The Morgan fingerprint density at radius 1 is 1.17 bits per heavy atom. The largest absolute Gasteiger partial charge is 0.482 e. The van der Waals surface area contributed by atoms with Crippen molar-refractivity contribution in [2.24, 2.45) is 5.92 Å². The normalized spacial score (nSPS) is 34.1. The number of nitrogens with zero attached hydrogens (tertiary/aromatic N) is 1. The first-order valence-electron chi connectivity index (χ1n) is 13.0. The molecular formula is C28H33ClN2O5. The molecule has 7 rings (SSSR count). The van der Waals surface area contributed by atoms with Crippen LogP contribution in [0.15, 0.2) is 36.4 Å². The number of aliphatic hydroxyl groups excluding tert-OH is 1. The Morgan fingerprint density at radius 3 is 2.72 bits per heavy atom. The smallest absolute Gasteiger partial charge is 0.345 e. The van der Waals surface area contributed by atoms with Gasteiger partial charge in [-0.3, -0.25) is 4.90 Å². The third kappa shape index (κ3) is 3.06. The molecule has 8 heteroatoms. The number of anilines is 1. The maximum absolute atomic E-state index is 13.0. The fourth-order valence-electron chi connectivity index (χ4n) is 7.74. The van der Waals surface area contributed by atoms with E-state index in [-0.39, 0.29) is 18.4 Å². The zero-order valence-corrected chi connectivity index (χ0v) is 21.0. The third-order valence-electron chi connectivity index (χ3n) is 9.63. The number of ether oxygens (including phenoxy) is 2. The van der Waals surface area contributed by atoms with Gasteiger partial charge >= 0.3 is 5.97 Å². The number of halogens is 1. The predicted molar refractivity (Wildman–Crippen MR) is 137 cm³/mol. The molecule has 0 unspecified atom stereocenters. The Kier molecular flexibility index (Phi) is 5.58. The number of likely N-dealkylation sites (tertiary alicyclic amines) is 1. The first-order chi connectivity index (χ1) is 16.9. The summed E-state index contributed by atoms with van der Waals surface area (Å²) in [5.74, 6) is 1.00. The lowest BCUT2D eigenvalue weighted by Gasteiger charge is -2.64. The van der Waals surface area contributed by atoms with Crippen LogP contribution in [0.1, 0.15) is 60.0 Å². The van der Waals surface area contributed by atoms with Gasteiger partial charge in [0.15, 0.2) is 11.5 Å². The minimum Gasteiger partial charge on any atom is -0.482 e. The lowest BCUT2D eigenvalue weighted by molar-refractivity contribution is -0.209. The summed E-state index contributed by atoms with van der Waals surface area (Å²) in [6.07, 6.45) is 5.13. The van der Waals surface area contributed by atoms with Gasteiger partial charge in [-0.25, -0.2) is 4.79 Å². The molecule has 0 amide bonds. The first-order valence-corrected chi connectivity index (χ1v) is 13.0. The number of aliphatic hydroxyl groups is 2. The number of carbonyl (C=O) groups excluding carboxylic acids is 1. The summed E-state index contributed by atoms with van der Waals surface area (Å²) in [6.45, 7) is 1.91. The molecule has 5 aliphatic rings. The van der Waals surface area contributed by atoms with E-state index in [4.69, 9.17) is 15.2 Å². The fraction of sp³-hybridized carbons (Fsp3) is 0.536. The summed E-state index contributed by atoms with van der Waals surface area (Å²) in [5.41, 5.74) is 7.04. The molecule has 3 fully saturated rings. The Balaban J connectivity index is 0.00000240. The van der Waals surface area contributed by atoms with Crippen LogP contribution >= 0.6 is 12.4 Å². The second-order valence-corrected chi connectivity index (χ2v) is 11.2. The zero-order chi connectivity index (χ0) is 23.9. The molecule has 1 saturated heterocycles. The van der Waals surface area contributed by atoms with Crippen LogP contribution in [0.25, 0.3) is 0 Å². The van der Waals surface area contributed by atoms with E-state index < -0.39 is 29.2 Å². The van der Waals surface area contributed by atoms with Crippen molar-refractivity contribution in [1.29, 1.82) is 0 Å². The Labute approximate surface area is 217 Å². The fourth-order valence-corrected chi connectivity index (χ4v) is 7.74. The molecule has 2 heterocycles. The number of rotatable bonds is 4. The van der Waals surface area contributed by atoms with Crippen LogP contribution < -0.4 is 15.2 Å². The van der Waals surface area contributed by atoms with E-state index in [0.29, 0.717) is 35.6 Å². The number of benzene rings is 2. The number of carbonyl (C=O) groups is 1. The number of nitrogens with two attached hydrogens (primary N) is 1. The summed E-state index contributed by atoms with van der Waals surface area (Å²) in [4.78, 5) is 15.5. The minimum absolute atomic E-state index is 0. The van der Waals surface area contributed by atoms with Crippen LogP contribution in [-0.2, 0) is 11.8 Å². The molecule has 3 aliphatic carbocycles. The van der Waals surface area contributed by atoms with Crippen LogP contribution in [0.3, 0.4) is 0 Å². The summed E-state index contributed by atoms with van der Waals surface area (Å²) in [6, 6.07) is 10.6. The highest BCUT2D eigenvalue weighted by molar-refractivity contribution is 5.96. The highest BCUT2D eigenvalue weighted by atomic mass is 35.5. The van der Waals surface area contributed by atoms with E-state index in [0.717, 1.165) is 43.0 Å². The van der Waals surface area contributed by atoms with Crippen molar-refractivity contribution in [1.82, 2.24) is 4.90 Å². The predicted octanol–water partition coefficient (Wildman–Crippen LogP) is 3.22. The summed E-state index contributed by atoms with van der Waals surface area (Å²) >= 11 is 0. The molecule has 2 aromatic rings. The van der Waals surface area contributed by atoms with Crippen molar-refractivity contribution in [3.63, 3.8) is 0 Å². The van der Waals surface area contributed by atoms with Crippen molar-refractivity contribution >= 4 is 24.1 Å². The van der Waals surface area contributed by atoms with Gasteiger partial charge < -0.3 is 25.4 Å². The van der Waals surface area contributed by atoms with Crippen LogP contribution in [-0.4, -0.2) is 58.0 Å². The number of esters is 1. The van der Waals surface area contributed by atoms with E-state index in [1.54, 1.807) is 30.3 Å². The van der Waals surface area contributed by atoms with Gasteiger partial charge in [0.1, 0.15) is 6.10 Å². The summed E-state index contributed by atoms with van der Waals surface area (Å²) < 4.78 is 12.3. The second kappa shape index (κ2) is 8.35. The summed E-state index contributed by atoms with van der Waals surface area (Å²) in [7, 11) is 0. The average molecular weight is 513 g/mol. The van der Waals surface area contributed by atoms with Gasteiger partial charge in [-0.15, -0.1) is 12.4 Å². The van der Waals surface area contributed by atoms with Gasteiger partial charge in [-0.1, -0.05) is 24.6 Å². The van der Waals surface area contributed by atoms with Crippen LogP contribution in [0.5, 0.6) is 11.5 Å². The lowest BCUT2D eigenvalue weighted by atomic mass is 9.48. The molecule has 192 valence electrons. The maximum Gasteiger partial charge on any atom is 0.345 e. The highest BCUT2D eigenvalue weighted by Crippen LogP contribution is 2.65. The first kappa shape index (κ1) is 24.0. The molecule has 1 spiro atoms. The van der Waals surface area contributed by atoms with Crippen LogP contribution in [0.2, 0.25) is 0 Å². The molecule has 7 nitrogen and oxygen atoms in total. The van der Waals surface area contributed by atoms with E-state index in [1.165, 1.54) is 19.3 Å². The average Bonchev–Trinajstić information content (AvgIpc) is 3.17. The van der Waals surface area contributed by atoms with Crippen LogP contribution in [0, 0.1) is 5.92 Å². The standard InChI is InChI=1S/C28H32N2O5.ClH/c29-19-7-2-1-6-18(19)26(32)34-21-9-8-17-14-22-28(33)11-10-20(31)25-27(28,23(17)24(21)35-25)12-13-30(22)15-16-4-3-5-16;/h1-2,6-9,16,20,22,25,31,33H,3-5,10-15,29H2;1H/t20-,22+,25-,27-,28+;/m0./s1. The third-order valence-corrected chi connectivity index (χ3v) is 9.63. The number of para-hydroxylation sites is 1. The number of nitrogen functional groups attached to an aromatic ring is 1. The van der Waals surface area contributed by atoms with Crippen molar-refractivity contribution < 1.29 is 24.5 Å². The van der Waals surface area contributed by atoms with Crippen LogP contribution in [0.4, 0.5) is 5.69 Å². The molecule has 2 bridgehead atoms. The molecule has 2 saturated carbocycles. The molecule has 0 radical (unpaired) electrons. The molecule has 2 aliphatic heterocycles. The Hall–Kier alpha value is -2.32. The lowest BCUT2D eigenvalue weighted by Crippen LogP contribution is -2.77. The van der Waals surface area contributed by atoms with E-state index in [2.05, 4.69) is 4.90 Å². The van der Waals surface area contributed by atoms with Gasteiger partial charge in [0.2, 0.25) is 0 Å². The monoisotopic (exact) mass is 512 g/mol. The van der Waals surface area contributed by atoms with Gasteiger partial charge in [-0.2, -0.15) is 0 Å². The van der Waals surface area contributed by atoms with E-state index in [1.807, 2.05) is 6.07 Å². The topological polar surface area (TPSA) is 105 Å². The maximum atomic E-state index is 13.0. The number of hydrogen-bond acceptors (Lipinski definition) is 7. The van der Waals surface area contributed by atoms with Gasteiger partial charge in [0.25, 0.3) is 0 Å². The van der Waals surface area contributed by atoms with Crippen molar-refractivity contribution in [2.75, 3.05) is 18.8 Å². The van der Waals surface area contributed by atoms with Gasteiger partial charge in [0.05, 0.1) is 22.7 Å². The quantitative estimate of drug-likeness (QED) is 0.328. The van der Waals surface area contributed by atoms with Crippen molar-refractivity contribution in [3.05, 3.63) is 53.1 Å². The van der Waals surface area contributed by atoms with E-state index in [9.17, 15) is 15.0 Å². The number of piperidine rings is 1. The van der Waals surface area contributed by atoms with Crippen molar-refractivity contribution in [2.45, 2.75) is 74.2 Å². The SMILES string of the molecule is Cl.Nc1ccccc1C(=O)Oc1ccc2c3c1O[C@H]1[C@@H](O)CC[C@@]4(O)[C@@H](C2)N(CC2CCC2)CC[C@]314. The molecule has 2 aromatic carbocycles. The van der Waals surface area contributed by atoms with E-state index >= 15 is 0 Å². The molecule has 4 N–H and O–H groups in total. The Morgan fingerprint density at radius 2 is 1.97 bits per heavy atom. The highest BCUT2D eigenvalue weighted by Gasteiger charge is 2.73. The van der Waals surface area contributed by atoms with Crippen molar-refractivity contribution in [3.8, 4) is 11.5 Å². The van der Waals surface area contributed by atoms with Gasteiger partial charge in [-0.05, 0) is 74.8 Å². The second-order valence-electron chi connectivity index (χ2n) is 11.2. The van der Waals surface area contributed by atoms with Gasteiger partial charge in [0, 0.05) is 23.8 Å². The molecule has 0 aromatic heterocycles. The molecule has 5 atom stereocenters. The number of hydrogen-bond donors (Lipinski definition) is 3. The zero-order valence-electron chi connectivity index (χ0n) is 20.2. The molecule has 36 heavy (non-hydrogen) atoms. The summed E-state index contributed by atoms with van der Waals surface area (Å²) in [5, 5.41) is 23.5. The molecular weight excluding hydrogens is 480 g/mol. The minimum atomic E-state index is -0.983.